The molecule has 1 aliphatic heterocycles. The Morgan fingerprint density at radius 2 is 2.07 bits per heavy atom. The summed E-state index contributed by atoms with van der Waals surface area (Å²) in [7, 11) is 0. The Kier molecular flexibility index (Phi) is 3.05. The number of hydrogen-bond donors (Lipinski definition) is 3. The average molecular weight is 210 g/mol. The Hall–Kier alpha value is -1.30. The fourth-order valence-corrected chi connectivity index (χ4v) is 1.50. The van der Waals surface area contributed by atoms with Crippen LogP contribution in [-0.4, -0.2) is 24.9 Å². The molecule has 0 saturated heterocycles. The van der Waals surface area contributed by atoms with Gasteiger partial charge in [-0.1, -0.05) is 6.07 Å². The molecule has 15 heavy (non-hydrogen) atoms. The highest BCUT2D eigenvalue weighted by atomic mass is 16.6. The largest absolute Gasteiger partial charge is 0.486 e. The first-order valence-corrected chi connectivity index (χ1v) is 4.82. The van der Waals surface area contributed by atoms with Gasteiger partial charge in [0.2, 0.25) is 0 Å². The maximum absolute atomic E-state index is 9.68. The van der Waals surface area contributed by atoms with Gasteiger partial charge in [-0.25, -0.2) is 0 Å². The Morgan fingerprint density at radius 3 is 2.80 bits per heavy atom. The van der Waals surface area contributed by atoms with Gasteiger partial charge < -0.3 is 14.6 Å². The van der Waals surface area contributed by atoms with Crippen molar-refractivity contribution in [1.29, 1.82) is 0 Å². The highest BCUT2D eigenvalue weighted by molar-refractivity contribution is 5.44. The van der Waals surface area contributed by atoms with Gasteiger partial charge in [-0.05, 0) is 17.7 Å². The second kappa shape index (κ2) is 4.48. The molecule has 0 saturated carbocycles. The average Bonchev–Trinajstić information content (AvgIpc) is 2.29. The number of aliphatic hydroxyl groups is 1. The Labute approximate surface area is 87.8 Å². The Morgan fingerprint density at radius 1 is 1.33 bits per heavy atom. The molecule has 1 unspecified atom stereocenters. The molecule has 1 heterocycles. The number of nitrogens with two attached hydrogens (primary N) is 1. The molecule has 0 radical (unpaired) electrons. The maximum Gasteiger partial charge on any atom is 0.161 e. The first-order chi connectivity index (χ1) is 7.31. The first kappa shape index (κ1) is 10.2. The van der Waals surface area contributed by atoms with Crippen molar-refractivity contribution in [1.82, 2.24) is 5.43 Å². The summed E-state index contributed by atoms with van der Waals surface area (Å²) in [6.45, 7) is 1.42. The SMILES string of the molecule is NNCC(O)c1ccc2c(c1)OCCO2. The van der Waals surface area contributed by atoms with Crippen molar-refractivity contribution in [3.05, 3.63) is 23.8 Å². The monoisotopic (exact) mass is 210 g/mol. The molecule has 5 nitrogen and oxygen atoms in total. The predicted molar refractivity (Wildman–Crippen MR) is 54.6 cm³/mol. The molecule has 0 amide bonds. The number of rotatable bonds is 3. The van der Waals surface area contributed by atoms with E-state index in [0.717, 1.165) is 11.3 Å². The van der Waals surface area contributed by atoms with Gasteiger partial charge in [0.15, 0.2) is 11.5 Å². The molecule has 0 bridgehead atoms. The van der Waals surface area contributed by atoms with E-state index in [2.05, 4.69) is 5.43 Å². The Bertz CT molecular complexity index is 343. The second-order valence-corrected chi connectivity index (χ2v) is 3.33. The van der Waals surface area contributed by atoms with E-state index in [4.69, 9.17) is 15.3 Å². The van der Waals surface area contributed by atoms with Crippen molar-refractivity contribution < 1.29 is 14.6 Å². The van der Waals surface area contributed by atoms with E-state index < -0.39 is 6.10 Å². The van der Waals surface area contributed by atoms with Crippen LogP contribution in [0, 0.1) is 0 Å². The van der Waals surface area contributed by atoms with Crippen LogP contribution in [0.1, 0.15) is 11.7 Å². The summed E-state index contributed by atoms with van der Waals surface area (Å²) < 4.78 is 10.8. The molecular formula is C10H14N2O3. The van der Waals surface area contributed by atoms with E-state index >= 15 is 0 Å². The number of ether oxygens (including phenoxy) is 2. The van der Waals surface area contributed by atoms with Crippen molar-refractivity contribution in [3.8, 4) is 11.5 Å². The number of hydrazine groups is 1. The third-order valence-corrected chi connectivity index (χ3v) is 2.26. The van der Waals surface area contributed by atoms with E-state index in [1.54, 1.807) is 18.2 Å². The van der Waals surface area contributed by atoms with E-state index in [1.807, 2.05) is 0 Å². The topological polar surface area (TPSA) is 76.7 Å². The van der Waals surface area contributed by atoms with Crippen molar-refractivity contribution >= 4 is 0 Å². The third-order valence-electron chi connectivity index (χ3n) is 2.26. The van der Waals surface area contributed by atoms with Crippen LogP contribution in [0.4, 0.5) is 0 Å². The minimum absolute atomic E-state index is 0.305. The van der Waals surface area contributed by atoms with E-state index in [1.165, 1.54) is 0 Å². The maximum atomic E-state index is 9.68. The van der Waals surface area contributed by atoms with E-state index in [0.29, 0.717) is 25.5 Å². The fourth-order valence-electron chi connectivity index (χ4n) is 1.50. The molecule has 4 N–H and O–H groups in total. The zero-order chi connectivity index (χ0) is 10.7. The highest BCUT2D eigenvalue weighted by Gasteiger charge is 2.14. The standard InChI is InChI=1S/C10H14N2O3/c11-12-6-8(13)7-1-2-9-10(5-7)15-4-3-14-9/h1-2,5,8,12-13H,3-4,6,11H2. The minimum atomic E-state index is -0.633. The summed E-state index contributed by atoms with van der Waals surface area (Å²) in [5.41, 5.74) is 3.19. The molecule has 1 aromatic carbocycles. The number of hydrogen-bond acceptors (Lipinski definition) is 5. The third kappa shape index (κ3) is 2.20. The van der Waals surface area contributed by atoms with Crippen LogP contribution in [0.15, 0.2) is 18.2 Å². The molecule has 82 valence electrons. The van der Waals surface area contributed by atoms with Gasteiger partial charge in [-0.3, -0.25) is 11.3 Å². The van der Waals surface area contributed by atoms with Crippen LogP contribution >= 0.6 is 0 Å². The number of aliphatic hydroxyl groups excluding tert-OH is 1. The summed E-state index contributed by atoms with van der Waals surface area (Å²) in [5.74, 6) is 6.53. The molecule has 1 aromatic rings. The van der Waals surface area contributed by atoms with Gasteiger partial charge in [0.1, 0.15) is 13.2 Å². The van der Waals surface area contributed by atoms with Crippen LogP contribution in [0.5, 0.6) is 11.5 Å². The number of fused-ring (bicyclic) bond motifs is 1. The van der Waals surface area contributed by atoms with Crippen LogP contribution in [-0.2, 0) is 0 Å². The first-order valence-electron chi connectivity index (χ1n) is 4.82. The summed E-state index contributed by atoms with van der Waals surface area (Å²) in [6.07, 6.45) is -0.633. The van der Waals surface area contributed by atoms with Gasteiger partial charge in [-0.15, -0.1) is 0 Å². The lowest BCUT2D eigenvalue weighted by atomic mass is 10.1. The van der Waals surface area contributed by atoms with Gasteiger partial charge in [0.05, 0.1) is 6.10 Å². The molecular weight excluding hydrogens is 196 g/mol. The number of nitrogens with one attached hydrogen (secondary N) is 1. The smallest absolute Gasteiger partial charge is 0.161 e. The summed E-state index contributed by atoms with van der Waals surface area (Å²) in [6, 6.07) is 5.37. The summed E-state index contributed by atoms with van der Waals surface area (Å²) in [5, 5.41) is 9.68. The van der Waals surface area contributed by atoms with Gasteiger partial charge in [0, 0.05) is 6.54 Å². The quantitative estimate of drug-likeness (QED) is 0.482. The second-order valence-electron chi connectivity index (χ2n) is 3.33. The molecule has 1 atom stereocenters. The fraction of sp³-hybridized carbons (Fsp3) is 0.400. The highest BCUT2D eigenvalue weighted by Crippen LogP contribution is 2.32. The van der Waals surface area contributed by atoms with Gasteiger partial charge in [0.25, 0.3) is 0 Å². The molecule has 0 aliphatic carbocycles. The van der Waals surface area contributed by atoms with Crippen molar-refractivity contribution in [2.45, 2.75) is 6.10 Å². The molecule has 0 fully saturated rings. The normalized spacial score (nSPS) is 16.1. The molecule has 1 aliphatic rings. The molecule has 0 aromatic heterocycles. The zero-order valence-electron chi connectivity index (χ0n) is 8.27. The summed E-state index contributed by atoms with van der Waals surface area (Å²) in [4.78, 5) is 0. The van der Waals surface area contributed by atoms with Crippen LogP contribution in [0.3, 0.4) is 0 Å². The van der Waals surface area contributed by atoms with Crippen LogP contribution < -0.4 is 20.7 Å². The summed E-state index contributed by atoms with van der Waals surface area (Å²) >= 11 is 0. The van der Waals surface area contributed by atoms with E-state index in [-0.39, 0.29) is 0 Å². The lowest BCUT2D eigenvalue weighted by Crippen LogP contribution is -2.27. The number of benzene rings is 1. The van der Waals surface area contributed by atoms with Crippen molar-refractivity contribution in [2.75, 3.05) is 19.8 Å². The van der Waals surface area contributed by atoms with Crippen LogP contribution in [0.2, 0.25) is 0 Å². The molecule has 2 rings (SSSR count). The molecule has 5 heteroatoms. The predicted octanol–water partition coefficient (Wildman–Crippen LogP) is -0.0455. The Balaban J connectivity index is 2.20. The minimum Gasteiger partial charge on any atom is -0.486 e. The zero-order valence-corrected chi connectivity index (χ0v) is 8.27. The van der Waals surface area contributed by atoms with Crippen LogP contribution in [0.25, 0.3) is 0 Å². The lowest BCUT2D eigenvalue weighted by Gasteiger charge is -2.20. The van der Waals surface area contributed by atoms with E-state index in [9.17, 15) is 5.11 Å². The molecule has 0 spiro atoms. The van der Waals surface area contributed by atoms with Gasteiger partial charge in [-0.2, -0.15) is 0 Å². The van der Waals surface area contributed by atoms with Crippen molar-refractivity contribution in [3.63, 3.8) is 0 Å². The van der Waals surface area contributed by atoms with Crippen molar-refractivity contribution in [2.24, 2.45) is 5.84 Å². The lowest BCUT2D eigenvalue weighted by molar-refractivity contribution is 0.163. The van der Waals surface area contributed by atoms with Gasteiger partial charge >= 0.3 is 0 Å².